The Morgan fingerprint density at radius 1 is 1.00 bits per heavy atom. The number of imidazole rings is 1. The van der Waals surface area contributed by atoms with Crippen LogP contribution in [0.15, 0.2) is 67.1 Å². The van der Waals surface area contributed by atoms with E-state index in [2.05, 4.69) is 20.3 Å². The molecule has 2 heterocycles. The van der Waals surface area contributed by atoms with Crippen LogP contribution in [0.2, 0.25) is 0 Å². The quantitative estimate of drug-likeness (QED) is 0.516. The molecule has 0 fully saturated rings. The third kappa shape index (κ3) is 4.37. The van der Waals surface area contributed by atoms with E-state index in [1.807, 2.05) is 13.0 Å². The molecule has 0 radical (unpaired) electrons. The van der Waals surface area contributed by atoms with Gasteiger partial charge in [0.1, 0.15) is 23.2 Å². The monoisotopic (exact) mass is 393 g/mol. The minimum Gasteiger partial charge on any atom is -0.439 e. The van der Waals surface area contributed by atoms with Crippen LogP contribution in [-0.4, -0.2) is 19.5 Å². The van der Waals surface area contributed by atoms with Gasteiger partial charge in [0.25, 0.3) is 0 Å². The van der Waals surface area contributed by atoms with Crippen molar-refractivity contribution in [2.45, 2.75) is 13.5 Å². The fourth-order valence-corrected chi connectivity index (χ4v) is 2.78. The highest BCUT2D eigenvalue weighted by molar-refractivity contribution is 5.39. The second kappa shape index (κ2) is 8.05. The van der Waals surface area contributed by atoms with Crippen molar-refractivity contribution in [1.82, 2.24) is 19.5 Å². The summed E-state index contributed by atoms with van der Waals surface area (Å²) in [5, 5.41) is 3.04. The summed E-state index contributed by atoms with van der Waals surface area (Å²) < 4.78 is 34.8. The molecule has 0 bridgehead atoms. The van der Waals surface area contributed by atoms with Crippen LogP contribution in [-0.2, 0) is 6.54 Å². The van der Waals surface area contributed by atoms with Crippen LogP contribution in [0.4, 0.5) is 14.7 Å². The molecule has 0 saturated heterocycles. The molecule has 0 amide bonds. The average molecular weight is 393 g/mol. The molecule has 8 heteroatoms. The van der Waals surface area contributed by atoms with Crippen LogP contribution >= 0.6 is 0 Å². The molecule has 0 aliphatic carbocycles. The highest BCUT2D eigenvalue weighted by Gasteiger charge is 2.09. The molecule has 0 atom stereocenters. The largest absolute Gasteiger partial charge is 0.439 e. The lowest BCUT2D eigenvalue weighted by Crippen LogP contribution is -2.05. The molecule has 146 valence electrons. The van der Waals surface area contributed by atoms with Gasteiger partial charge in [-0.2, -0.15) is 4.98 Å². The first kappa shape index (κ1) is 18.5. The Hall–Kier alpha value is -3.81. The number of rotatable bonds is 6. The molecule has 1 N–H and O–H groups in total. The molecule has 2 aromatic carbocycles. The number of benzene rings is 2. The number of aryl methyl sites for hydroxylation is 1. The maximum atomic E-state index is 14.5. The first-order valence-corrected chi connectivity index (χ1v) is 8.87. The Morgan fingerprint density at radius 2 is 1.83 bits per heavy atom. The maximum Gasteiger partial charge on any atom is 0.226 e. The Bertz CT molecular complexity index is 1130. The predicted octanol–water partition coefficient (Wildman–Crippen LogP) is 4.65. The van der Waals surface area contributed by atoms with E-state index in [9.17, 15) is 8.78 Å². The summed E-state index contributed by atoms with van der Waals surface area (Å²) in [7, 11) is 0. The topological polar surface area (TPSA) is 64.9 Å². The number of hydrogen-bond acceptors (Lipinski definition) is 5. The molecule has 0 aliphatic rings. The van der Waals surface area contributed by atoms with E-state index in [1.165, 1.54) is 30.3 Å². The summed E-state index contributed by atoms with van der Waals surface area (Å²) in [4.78, 5) is 12.5. The fourth-order valence-electron chi connectivity index (χ4n) is 2.78. The summed E-state index contributed by atoms with van der Waals surface area (Å²) in [5.41, 5.74) is 1.17. The average Bonchev–Trinajstić information content (AvgIpc) is 3.14. The molecule has 6 nitrogen and oxygen atoms in total. The minimum absolute atomic E-state index is 0.311. The number of hydrogen-bond donors (Lipinski definition) is 1. The van der Waals surface area contributed by atoms with Gasteiger partial charge in [0.15, 0.2) is 0 Å². The Kier molecular flexibility index (Phi) is 5.15. The van der Waals surface area contributed by atoms with Crippen molar-refractivity contribution in [3.8, 4) is 17.3 Å². The van der Waals surface area contributed by atoms with E-state index in [0.29, 0.717) is 35.6 Å². The summed E-state index contributed by atoms with van der Waals surface area (Å²) in [6.07, 6.45) is 4.88. The standard InChI is InChI=1S/C21H17F2N5O/c1-14-24-10-11-28(14)19-7-2-15(12-18(19)23)13-26-21-25-9-8-20(27-21)29-17-5-3-16(22)4-6-17/h2-12H,13H2,1H3,(H,25,26,27). The Morgan fingerprint density at radius 3 is 2.55 bits per heavy atom. The fraction of sp³-hybridized carbons (Fsp3) is 0.0952. The van der Waals surface area contributed by atoms with Crippen molar-refractivity contribution in [3.63, 3.8) is 0 Å². The second-order valence-corrected chi connectivity index (χ2v) is 6.26. The zero-order valence-corrected chi connectivity index (χ0v) is 15.5. The second-order valence-electron chi connectivity index (χ2n) is 6.26. The summed E-state index contributed by atoms with van der Waals surface area (Å²) in [6, 6.07) is 12.2. The van der Waals surface area contributed by atoms with Crippen molar-refractivity contribution < 1.29 is 13.5 Å². The van der Waals surface area contributed by atoms with Crippen molar-refractivity contribution >= 4 is 5.95 Å². The van der Waals surface area contributed by atoms with Gasteiger partial charge in [-0.15, -0.1) is 0 Å². The third-order valence-electron chi connectivity index (χ3n) is 4.21. The molecule has 29 heavy (non-hydrogen) atoms. The van der Waals surface area contributed by atoms with Crippen LogP contribution in [0.1, 0.15) is 11.4 Å². The highest BCUT2D eigenvalue weighted by Crippen LogP contribution is 2.21. The molecule has 0 aliphatic heterocycles. The van der Waals surface area contributed by atoms with Gasteiger partial charge in [-0.25, -0.2) is 18.7 Å². The minimum atomic E-state index is -0.347. The predicted molar refractivity (Wildman–Crippen MR) is 104 cm³/mol. The molecular formula is C21H17F2N5O. The number of aromatic nitrogens is 4. The van der Waals surface area contributed by atoms with Crippen LogP contribution in [0, 0.1) is 18.6 Å². The van der Waals surface area contributed by atoms with Crippen molar-refractivity contribution in [2.75, 3.05) is 5.32 Å². The van der Waals surface area contributed by atoms with Crippen LogP contribution in [0.3, 0.4) is 0 Å². The summed E-state index contributed by atoms with van der Waals surface area (Å²) in [5.74, 6) is 1.12. The first-order chi connectivity index (χ1) is 14.1. The van der Waals surface area contributed by atoms with Crippen molar-refractivity contribution in [1.29, 1.82) is 0 Å². The van der Waals surface area contributed by atoms with E-state index in [0.717, 1.165) is 5.56 Å². The number of anilines is 1. The van der Waals surface area contributed by atoms with Crippen molar-refractivity contribution in [2.24, 2.45) is 0 Å². The first-order valence-electron chi connectivity index (χ1n) is 8.87. The number of ether oxygens (including phenoxy) is 1. The molecular weight excluding hydrogens is 376 g/mol. The molecule has 4 aromatic rings. The van der Waals surface area contributed by atoms with Gasteiger partial charge in [-0.05, 0) is 48.9 Å². The van der Waals surface area contributed by atoms with Crippen LogP contribution in [0.5, 0.6) is 11.6 Å². The normalized spacial score (nSPS) is 10.7. The summed E-state index contributed by atoms with van der Waals surface area (Å²) >= 11 is 0. The zero-order chi connectivity index (χ0) is 20.2. The van der Waals surface area contributed by atoms with Gasteiger partial charge in [0.05, 0.1) is 5.69 Å². The van der Waals surface area contributed by atoms with Crippen LogP contribution < -0.4 is 10.1 Å². The molecule has 0 saturated carbocycles. The van der Waals surface area contributed by atoms with Gasteiger partial charge in [0.2, 0.25) is 11.8 Å². The van der Waals surface area contributed by atoms with Crippen molar-refractivity contribution in [3.05, 3.63) is 90.1 Å². The van der Waals surface area contributed by atoms with Gasteiger partial charge >= 0.3 is 0 Å². The van der Waals surface area contributed by atoms with E-state index in [-0.39, 0.29) is 11.6 Å². The maximum absolute atomic E-state index is 14.5. The van der Waals surface area contributed by atoms with E-state index in [4.69, 9.17) is 4.74 Å². The van der Waals surface area contributed by atoms with E-state index < -0.39 is 0 Å². The Labute approximate surface area is 165 Å². The smallest absolute Gasteiger partial charge is 0.226 e. The van der Waals surface area contributed by atoms with E-state index in [1.54, 1.807) is 35.3 Å². The number of nitrogens with zero attached hydrogens (tertiary/aromatic N) is 4. The molecule has 2 aromatic heterocycles. The third-order valence-corrected chi connectivity index (χ3v) is 4.21. The van der Waals surface area contributed by atoms with Crippen LogP contribution in [0.25, 0.3) is 5.69 Å². The van der Waals surface area contributed by atoms with E-state index >= 15 is 0 Å². The lowest BCUT2D eigenvalue weighted by atomic mass is 10.2. The van der Waals surface area contributed by atoms with Gasteiger partial charge in [-0.1, -0.05) is 6.07 Å². The summed E-state index contributed by atoms with van der Waals surface area (Å²) in [6.45, 7) is 2.15. The molecule has 0 spiro atoms. The van der Waals surface area contributed by atoms with Gasteiger partial charge < -0.3 is 14.6 Å². The molecule has 4 rings (SSSR count). The number of halogens is 2. The zero-order valence-electron chi connectivity index (χ0n) is 15.5. The number of nitrogens with one attached hydrogen (secondary N) is 1. The highest BCUT2D eigenvalue weighted by atomic mass is 19.1. The Balaban J connectivity index is 1.43. The van der Waals surface area contributed by atoms with Gasteiger partial charge in [0, 0.05) is 31.2 Å². The lowest BCUT2D eigenvalue weighted by molar-refractivity contribution is 0.460. The van der Waals surface area contributed by atoms with Gasteiger partial charge in [-0.3, -0.25) is 0 Å². The SMILES string of the molecule is Cc1nccn1-c1ccc(CNc2nccc(Oc3ccc(F)cc3)n2)cc1F. The molecule has 0 unspecified atom stereocenters. The lowest BCUT2D eigenvalue weighted by Gasteiger charge is -2.10.